The van der Waals surface area contributed by atoms with Gasteiger partial charge in [0.1, 0.15) is 0 Å². The average Bonchev–Trinajstić information content (AvgIpc) is 3.51. The van der Waals surface area contributed by atoms with Gasteiger partial charge < -0.3 is 10.2 Å². The number of amides is 2. The van der Waals surface area contributed by atoms with Crippen molar-refractivity contribution in [1.82, 2.24) is 0 Å². The molecule has 0 atom stereocenters. The fourth-order valence-corrected chi connectivity index (χ4v) is 6.26. The van der Waals surface area contributed by atoms with Crippen LogP contribution >= 0.6 is 27.5 Å². The molecule has 2 amide bonds. The lowest BCUT2D eigenvalue weighted by Gasteiger charge is -2.21. The van der Waals surface area contributed by atoms with Crippen LogP contribution in [0.3, 0.4) is 0 Å². The Balaban J connectivity index is 1.51. The van der Waals surface area contributed by atoms with Crippen LogP contribution in [-0.2, 0) is 32.0 Å². The first-order chi connectivity index (χ1) is 15.9. The number of nitrogens with zero attached hydrogens (tertiary/aromatic N) is 1. The van der Waals surface area contributed by atoms with Crippen molar-refractivity contribution in [2.24, 2.45) is 5.92 Å². The molecule has 1 aliphatic heterocycles. The van der Waals surface area contributed by atoms with Crippen molar-refractivity contribution in [1.29, 1.82) is 0 Å². The van der Waals surface area contributed by atoms with Gasteiger partial charge in [-0.1, -0.05) is 27.5 Å². The number of sulfone groups is 1. The number of nitrogens with one attached hydrogen (secondary N) is 1. The van der Waals surface area contributed by atoms with E-state index in [1.54, 1.807) is 6.07 Å². The predicted molar refractivity (Wildman–Crippen MR) is 125 cm³/mol. The van der Waals surface area contributed by atoms with Gasteiger partial charge in [-0.15, -0.1) is 0 Å². The minimum Gasteiger partial charge on any atom is -0.326 e. The molecule has 0 radical (unpaired) electrons. The lowest BCUT2D eigenvalue weighted by molar-refractivity contribution is -0.137. The number of rotatable bonds is 6. The van der Waals surface area contributed by atoms with Gasteiger partial charge >= 0.3 is 6.18 Å². The fraction of sp³-hybridized carbons (Fsp3) is 0.364. The summed E-state index contributed by atoms with van der Waals surface area (Å²) in [6.45, 7) is 0.391. The van der Waals surface area contributed by atoms with Crippen LogP contribution in [0.2, 0.25) is 5.02 Å². The summed E-state index contributed by atoms with van der Waals surface area (Å²) in [5.74, 6) is -1.53. The van der Waals surface area contributed by atoms with E-state index in [4.69, 9.17) is 11.6 Å². The molecule has 1 N–H and O–H groups in total. The molecule has 0 spiro atoms. The third kappa shape index (κ3) is 5.26. The zero-order valence-electron chi connectivity index (χ0n) is 17.6. The molecule has 1 saturated carbocycles. The summed E-state index contributed by atoms with van der Waals surface area (Å²) in [5, 5.41) is 1.77. The molecule has 1 fully saturated rings. The highest BCUT2D eigenvalue weighted by molar-refractivity contribution is 9.10. The molecule has 1 heterocycles. The molecule has 1 aliphatic carbocycles. The second-order valence-electron chi connectivity index (χ2n) is 8.24. The lowest BCUT2D eigenvalue weighted by Crippen LogP contribution is -2.31. The SMILES string of the molecule is O=C(CCS(=O)(=O)c1cc(Br)cc2c1N(C(=O)C1CC1)CC2)Nc1ccc(Cl)c(C(F)(F)F)c1. The van der Waals surface area contributed by atoms with Gasteiger partial charge in [0.25, 0.3) is 0 Å². The normalized spacial score (nSPS) is 15.9. The summed E-state index contributed by atoms with van der Waals surface area (Å²) in [6.07, 6.45) is -3.10. The Bertz CT molecular complexity index is 1280. The number of carbonyl (C=O) groups is 2. The van der Waals surface area contributed by atoms with E-state index in [2.05, 4.69) is 21.2 Å². The zero-order valence-corrected chi connectivity index (χ0v) is 20.7. The molecule has 34 heavy (non-hydrogen) atoms. The number of hydrogen-bond donors (Lipinski definition) is 1. The minimum absolute atomic E-state index is 0.0398. The highest BCUT2D eigenvalue weighted by atomic mass is 79.9. The minimum atomic E-state index is -4.70. The highest BCUT2D eigenvalue weighted by Gasteiger charge is 2.39. The van der Waals surface area contributed by atoms with Gasteiger partial charge in [-0.25, -0.2) is 8.42 Å². The van der Waals surface area contributed by atoms with Crippen LogP contribution in [0, 0.1) is 5.92 Å². The summed E-state index contributed by atoms with van der Waals surface area (Å²) in [5.41, 5.74) is -0.173. The first kappa shape index (κ1) is 25.0. The molecule has 2 aliphatic rings. The van der Waals surface area contributed by atoms with Crippen LogP contribution in [0.25, 0.3) is 0 Å². The molecule has 182 valence electrons. The third-order valence-electron chi connectivity index (χ3n) is 5.67. The largest absolute Gasteiger partial charge is 0.417 e. The molecular formula is C22H19BrClF3N2O4S. The standard InChI is InChI=1S/C22H19BrClF3N2O4S/c23-14-9-13-5-7-29(21(31)12-1-2-12)20(13)18(10-14)34(32,33)8-6-19(30)28-15-3-4-17(24)16(11-15)22(25,26)27/h3-4,9-12H,1-2,5-8H2,(H,28,30). The first-order valence-electron chi connectivity index (χ1n) is 10.4. The van der Waals surface area contributed by atoms with Gasteiger partial charge in [-0.05, 0) is 55.2 Å². The van der Waals surface area contributed by atoms with E-state index < -0.39 is 44.7 Å². The van der Waals surface area contributed by atoms with Gasteiger partial charge in [0, 0.05) is 29.0 Å². The summed E-state index contributed by atoms with van der Waals surface area (Å²) < 4.78 is 66.0. The number of hydrogen-bond acceptors (Lipinski definition) is 4. The number of halogens is 5. The number of fused-ring (bicyclic) bond motifs is 1. The Morgan fingerprint density at radius 2 is 1.88 bits per heavy atom. The maximum atomic E-state index is 13.2. The number of alkyl halides is 3. The van der Waals surface area contributed by atoms with E-state index in [1.807, 2.05) is 0 Å². The van der Waals surface area contributed by atoms with Gasteiger partial charge in [0.15, 0.2) is 9.84 Å². The second-order valence-corrected chi connectivity index (χ2v) is 11.6. The molecule has 2 aromatic carbocycles. The number of anilines is 2. The predicted octanol–water partition coefficient (Wildman–Crippen LogP) is 5.22. The maximum absolute atomic E-state index is 13.2. The highest BCUT2D eigenvalue weighted by Crippen LogP contribution is 2.42. The summed E-state index contributed by atoms with van der Waals surface area (Å²) in [6, 6.07) is 6.09. The Kier molecular flexibility index (Phi) is 6.73. The molecule has 0 saturated heterocycles. The summed E-state index contributed by atoms with van der Waals surface area (Å²) in [7, 11) is -3.99. The van der Waals surface area contributed by atoms with Crippen LogP contribution in [-0.4, -0.2) is 32.5 Å². The van der Waals surface area contributed by atoms with Crippen LogP contribution in [0.4, 0.5) is 24.5 Å². The number of benzene rings is 2. The summed E-state index contributed by atoms with van der Waals surface area (Å²) in [4.78, 5) is 26.5. The summed E-state index contributed by atoms with van der Waals surface area (Å²) >= 11 is 8.89. The van der Waals surface area contributed by atoms with E-state index in [1.165, 1.54) is 17.0 Å². The van der Waals surface area contributed by atoms with E-state index in [0.29, 0.717) is 29.2 Å². The number of carbonyl (C=O) groups excluding carboxylic acids is 2. The quantitative estimate of drug-likeness (QED) is 0.509. The Morgan fingerprint density at radius 3 is 2.53 bits per heavy atom. The van der Waals surface area contributed by atoms with Crippen molar-refractivity contribution in [3.05, 3.63) is 51.0 Å². The van der Waals surface area contributed by atoms with E-state index in [9.17, 15) is 31.2 Å². The fourth-order valence-electron chi connectivity index (χ4n) is 3.86. The van der Waals surface area contributed by atoms with E-state index >= 15 is 0 Å². The smallest absolute Gasteiger partial charge is 0.326 e. The Morgan fingerprint density at radius 1 is 1.18 bits per heavy atom. The van der Waals surface area contributed by atoms with Gasteiger partial charge in [0.05, 0.1) is 26.9 Å². The van der Waals surface area contributed by atoms with Crippen LogP contribution in [0.5, 0.6) is 0 Å². The van der Waals surface area contributed by atoms with Gasteiger partial charge in [-0.2, -0.15) is 13.2 Å². The molecule has 0 aromatic heterocycles. The Hall–Kier alpha value is -2.11. The van der Waals surface area contributed by atoms with Crippen molar-refractivity contribution >= 4 is 60.6 Å². The average molecular weight is 580 g/mol. The van der Waals surface area contributed by atoms with Gasteiger partial charge in [0.2, 0.25) is 11.8 Å². The van der Waals surface area contributed by atoms with Crippen molar-refractivity contribution < 1.29 is 31.2 Å². The molecule has 0 bridgehead atoms. The monoisotopic (exact) mass is 578 g/mol. The van der Waals surface area contributed by atoms with E-state index in [-0.39, 0.29) is 22.4 Å². The molecular weight excluding hydrogens is 561 g/mol. The van der Waals surface area contributed by atoms with Crippen molar-refractivity contribution in [3.63, 3.8) is 0 Å². The van der Waals surface area contributed by atoms with Gasteiger partial charge in [-0.3, -0.25) is 9.59 Å². The molecule has 12 heteroatoms. The van der Waals surface area contributed by atoms with Crippen LogP contribution < -0.4 is 10.2 Å². The molecule has 2 aromatic rings. The van der Waals surface area contributed by atoms with Crippen LogP contribution in [0.1, 0.15) is 30.4 Å². The topological polar surface area (TPSA) is 83.6 Å². The molecule has 6 nitrogen and oxygen atoms in total. The molecule has 4 rings (SSSR count). The maximum Gasteiger partial charge on any atom is 0.417 e. The van der Waals surface area contributed by atoms with Crippen molar-refractivity contribution in [2.75, 3.05) is 22.5 Å². The van der Waals surface area contributed by atoms with Crippen molar-refractivity contribution in [3.8, 4) is 0 Å². The van der Waals surface area contributed by atoms with Crippen LogP contribution in [0.15, 0.2) is 39.7 Å². The lowest BCUT2D eigenvalue weighted by atomic mass is 10.2. The zero-order chi connectivity index (χ0) is 24.8. The second kappa shape index (κ2) is 9.16. The van der Waals surface area contributed by atoms with E-state index in [0.717, 1.165) is 24.5 Å². The third-order valence-corrected chi connectivity index (χ3v) is 8.18. The van der Waals surface area contributed by atoms with Crippen molar-refractivity contribution in [2.45, 2.75) is 36.8 Å². The first-order valence-corrected chi connectivity index (χ1v) is 13.2. The molecule has 0 unspecified atom stereocenters. The Labute approximate surface area is 207 Å².